The van der Waals surface area contributed by atoms with Crippen LogP contribution in [0.15, 0.2) is 30.3 Å². The largest absolute Gasteiger partial charge is 0.293 e. The Bertz CT molecular complexity index is 897. The molecule has 0 amide bonds. The summed E-state index contributed by atoms with van der Waals surface area (Å²) in [5.41, 5.74) is 1.05. The summed E-state index contributed by atoms with van der Waals surface area (Å²) in [6, 6.07) is 10.8. The van der Waals surface area contributed by atoms with Crippen molar-refractivity contribution in [2.24, 2.45) is 0 Å². The van der Waals surface area contributed by atoms with Crippen LogP contribution in [0, 0.1) is 0 Å². The zero-order valence-corrected chi connectivity index (χ0v) is 15.5. The average Bonchev–Trinajstić information content (AvgIpc) is 3.25. The van der Waals surface area contributed by atoms with Crippen LogP contribution in [0.5, 0.6) is 0 Å². The first kappa shape index (κ1) is 16.6. The van der Waals surface area contributed by atoms with E-state index >= 15 is 0 Å². The molecule has 2 aromatic heterocycles. The number of hydrogen-bond donors (Lipinski definition) is 1. The molecule has 2 atom stereocenters. The van der Waals surface area contributed by atoms with Gasteiger partial charge < -0.3 is 0 Å². The predicted molar refractivity (Wildman–Crippen MR) is 99.9 cm³/mol. The van der Waals surface area contributed by atoms with Gasteiger partial charge in [-0.25, -0.2) is 9.67 Å². The lowest BCUT2D eigenvalue weighted by molar-refractivity contribution is 0.146. The number of hydrogen-bond acceptors (Lipinski definition) is 6. The van der Waals surface area contributed by atoms with E-state index in [1.54, 1.807) is 0 Å². The van der Waals surface area contributed by atoms with E-state index in [0.717, 1.165) is 49.0 Å². The molecule has 1 aliphatic heterocycles. The third-order valence-electron chi connectivity index (χ3n) is 5.71. The van der Waals surface area contributed by atoms with E-state index in [4.69, 9.17) is 4.98 Å². The van der Waals surface area contributed by atoms with Gasteiger partial charge in [0.05, 0.1) is 12.1 Å². The summed E-state index contributed by atoms with van der Waals surface area (Å²) < 4.78 is 2.02. The number of piperidine rings is 1. The molecule has 1 aliphatic carbocycles. The molecule has 2 unspecified atom stereocenters. The van der Waals surface area contributed by atoms with E-state index in [1.165, 1.54) is 12.8 Å². The molecule has 1 aromatic carbocycles. The van der Waals surface area contributed by atoms with Crippen molar-refractivity contribution in [1.29, 1.82) is 0 Å². The fourth-order valence-corrected chi connectivity index (χ4v) is 3.97. The number of tetrazole rings is 1. The van der Waals surface area contributed by atoms with Crippen LogP contribution >= 0.6 is 0 Å². The number of benzene rings is 1. The molecule has 0 spiro atoms. The summed E-state index contributed by atoms with van der Waals surface area (Å²) in [5, 5.41) is 20.1. The molecule has 27 heavy (non-hydrogen) atoms. The smallest absolute Gasteiger partial charge is 0.181 e. The van der Waals surface area contributed by atoms with E-state index in [1.807, 2.05) is 35.0 Å². The highest BCUT2D eigenvalue weighted by atomic mass is 15.6. The highest BCUT2D eigenvalue weighted by molar-refractivity contribution is 5.53. The molecule has 2 aliphatic rings. The summed E-state index contributed by atoms with van der Waals surface area (Å²) in [4.78, 5) is 7.25. The Labute approximate surface area is 158 Å². The summed E-state index contributed by atoms with van der Waals surface area (Å²) in [6.07, 6.45) is 4.64. The van der Waals surface area contributed by atoms with Gasteiger partial charge >= 0.3 is 0 Å². The van der Waals surface area contributed by atoms with Gasteiger partial charge in [-0.15, -0.1) is 5.10 Å². The Kier molecular flexibility index (Phi) is 4.20. The molecule has 8 nitrogen and oxygen atoms in total. The van der Waals surface area contributed by atoms with Gasteiger partial charge in [0.25, 0.3) is 0 Å². The molecular weight excluding hydrogens is 340 g/mol. The number of likely N-dealkylation sites (tertiary alicyclic amines) is 1. The Morgan fingerprint density at radius 3 is 2.81 bits per heavy atom. The van der Waals surface area contributed by atoms with Crippen LogP contribution in [-0.2, 0) is 0 Å². The fraction of sp³-hybridized carbons (Fsp3) is 0.526. The molecule has 8 heteroatoms. The lowest BCUT2D eigenvalue weighted by Gasteiger charge is -2.35. The average molecular weight is 364 g/mol. The van der Waals surface area contributed by atoms with Crippen LogP contribution in [0.2, 0.25) is 0 Å². The third kappa shape index (κ3) is 3.25. The second-order valence-electron chi connectivity index (χ2n) is 7.63. The van der Waals surface area contributed by atoms with Gasteiger partial charge in [-0.3, -0.25) is 10.00 Å². The maximum absolute atomic E-state index is 4.78. The van der Waals surface area contributed by atoms with Crippen LogP contribution in [0.1, 0.15) is 62.3 Å². The van der Waals surface area contributed by atoms with Crippen LogP contribution < -0.4 is 0 Å². The van der Waals surface area contributed by atoms with Gasteiger partial charge in [-0.1, -0.05) is 30.3 Å². The van der Waals surface area contributed by atoms with Crippen LogP contribution in [0.25, 0.3) is 11.4 Å². The standard InChI is InChI=1S/C19H24N8/c1-13(19-23-24-25-27(19)16-9-10-16)26-11-5-8-15(12-26)18-20-17(21-22-18)14-6-3-2-4-7-14/h2-4,6-7,13,15-16H,5,8-12H2,1H3,(H,20,21,22). The lowest BCUT2D eigenvalue weighted by Crippen LogP contribution is -2.37. The van der Waals surface area contributed by atoms with Gasteiger partial charge in [-0.2, -0.15) is 5.10 Å². The maximum Gasteiger partial charge on any atom is 0.181 e. The third-order valence-corrected chi connectivity index (χ3v) is 5.71. The molecule has 1 saturated heterocycles. The molecular formula is C19H24N8. The molecule has 5 rings (SSSR count). The molecule has 1 saturated carbocycles. The van der Waals surface area contributed by atoms with Crippen molar-refractivity contribution in [2.75, 3.05) is 13.1 Å². The van der Waals surface area contributed by atoms with Crippen molar-refractivity contribution in [1.82, 2.24) is 40.3 Å². The Hall–Kier alpha value is -2.61. The SMILES string of the molecule is CC(c1nnnn1C1CC1)N1CCCC(c2nc(-c3ccccc3)n[nH]2)C1. The summed E-state index contributed by atoms with van der Waals surface area (Å²) in [5.74, 6) is 3.10. The minimum atomic E-state index is 0.208. The monoisotopic (exact) mass is 364 g/mol. The normalized spacial score (nSPS) is 22.0. The molecule has 1 N–H and O–H groups in total. The Morgan fingerprint density at radius 2 is 2.00 bits per heavy atom. The van der Waals surface area contributed by atoms with E-state index in [-0.39, 0.29) is 6.04 Å². The minimum Gasteiger partial charge on any atom is -0.293 e. The zero-order valence-electron chi connectivity index (χ0n) is 15.5. The highest BCUT2D eigenvalue weighted by Gasteiger charge is 2.33. The van der Waals surface area contributed by atoms with Crippen molar-refractivity contribution >= 4 is 0 Å². The number of rotatable bonds is 5. The highest BCUT2D eigenvalue weighted by Crippen LogP contribution is 2.37. The summed E-state index contributed by atoms with van der Waals surface area (Å²) in [6.45, 7) is 4.22. The summed E-state index contributed by atoms with van der Waals surface area (Å²) >= 11 is 0. The quantitative estimate of drug-likeness (QED) is 0.749. The van der Waals surface area contributed by atoms with Crippen molar-refractivity contribution in [3.63, 3.8) is 0 Å². The topological polar surface area (TPSA) is 88.4 Å². The maximum atomic E-state index is 4.78. The van der Waals surface area contributed by atoms with Gasteiger partial charge in [-0.05, 0) is 49.6 Å². The second kappa shape index (κ2) is 6.84. The molecule has 0 radical (unpaired) electrons. The second-order valence-corrected chi connectivity index (χ2v) is 7.63. The number of nitrogens with one attached hydrogen (secondary N) is 1. The molecule has 140 valence electrons. The summed E-state index contributed by atoms with van der Waals surface area (Å²) in [7, 11) is 0. The number of nitrogens with zero attached hydrogens (tertiary/aromatic N) is 7. The number of aromatic nitrogens is 7. The number of H-pyrrole nitrogens is 1. The first-order valence-electron chi connectivity index (χ1n) is 9.79. The van der Waals surface area contributed by atoms with Crippen LogP contribution in [-0.4, -0.2) is 53.4 Å². The lowest BCUT2D eigenvalue weighted by atomic mass is 9.96. The number of aromatic amines is 1. The van der Waals surface area contributed by atoms with E-state index in [2.05, 4.69) is 37.5 Å². The fourth-order valence-electron chi connectivity index (χ4n) is 3.97. The van der Waals surface area contributed by atoms with Gasteiger partial charge in [0, 0.05) is 18.0 Å². The predicted octanol–water partition coefficient (Wildman–Crippen LogP) is 2.73. The molecule has 0 bridgehead atoms. The van der Waals surface area contributed by atoms with Crippen molar-refractivity contribution in [3.8, 4) is 11.4 Å². The van der Waals surface area contributed by atoms with E-state index in [0.29, 0.717) is 12.0 Å². The molecule has 3 aromatic rings. The molecule has 3 heterocycles. The van der Waals surface area contributed by atoms with Gasteiger partial charge in [0.1, 0.15) is 5.82 Å². The minimum absolute atomic E-state index is 0.208. The van der Waals surface area contributed by atoms with Gasteiger partial charge in [0.15, 0.2) is 11.6 Å². The zero-order chi connectivity index (χ0) is 18.2. The van der Waals surface area contributed by atoms with E-state index < -0.39 is 0 Å². The van der Waals surface area contributed by atoms with Crippen LogP contribution in [0.3, 0.4) is 0 Å². The Morgan fingerprint density at radius 1 is 1.15 bits per heavy atom. The molecule has 2 fully saturated rings. The van der Waals surface area contributed by atoms with Gasteiger partial charge in [0.2, 0.25) is 0 Å². The Balaban J connectivity index is 1.32. The van der Waals surface area contributed by atoms with Crippen molar-refractivity contribution in [3.05, 3.63) is 42.0 Å². The van der Waals surface area contributed by atoms with Crippen LogP contribution in [0.4, 0.5) is 0 Å². The first-order valence-corrected chi connectivity index (χ1v) is 9.79. The van der Waals surface area contributed by atoms with Crippen molar-refractivity contribution in [2.45, 2.75) is 50.6 Å². The van der Waals surface area contributed by atoms with E-state index in [9.17, 15) is 0 Å². The van der Waals surface area contributed by atoms with Crippen molar-refractivity contribution < 1.29 is 0 Å². The first-order chi connectivity index (χ1) is 13.3.